The third-order valence-corrected chi connectivity index (χ3v) is 2.51. The second-order valence-corrected chi connectivity index (χ2v) is 4.52. The Bertz CT molecular complexity index is 289. The van der Waals surface area contributed by atoms with E-state index >= 15 is 0 Å². The van der Waals surface area contributed by atoms with Crippen molar-refractivity contribution < 1.29 is 26.5 Å². The van der Waals surface area contributed by atoms with Crippen LogP contribution in [0.1, 0.15) is 25.7 Å². The van der Waals surface area contributed by atoms with E-state index in [9.17, 15) is 13.0 Å². The number of hydrogen-bond donors (Lipinski definition) is 0. The first-order chi connectivity index (χ1) is 7.49. The predicted molar refractivity (Wildman–Crippen MR) is 58.2 cm³/mol. The van der Waals surface area contributed by atoms with Gasteiger partial charge in [-0.15, -0.1) is 0 Å². The lowest BCUT2D eigenvalue weighted by molar-refractivity contribution is -0.528. The van der Waals surface area contributed by atoms with Gasteiger partial charge in [-0.05, 0) is 12.8 Å². The zero-order valence-corrected chi connectivity index (χ0v) is 10.5. The average Bonchev–Trinajstić information content (AvgIpc) is 2.47. The van der Waals surface area contributed by atoms with E-state index in [0.717, 1.165) is 7.11 Å². The van der Waals surface area contributed by atoms with Crippen molar-refractivity contribution in [1.82, 2.24) is 0 Å². The first-order valence-corrected chi connectivity index (χ1v) is 6.44. The quantitative estimate of drug-likeness (QED) is 0.307. The Kier molecular flexibility index (Phi) is 8.14. The fraction of sp³-hybridized carbons (Fsp3) is 0.889. The van der Waals surface area contributed by atoms with Crippen molar-refractivity contribution in [2.45, 2.75) is 25.7 Å². The van der Waals surface area contributed by atoms with E-state index in [1.807, 2.05) is 6.40 Å². The molecule has 1 aliphatic heterocycles. The van der Waals surface area contributed by atoms with Gasteiger partial charge in [0.25, 0.3) is 0 Å². The van der Waals surface area contributed by atoms with Crippen LogP contribution in [0.4, 0.5) is 0 Å². The normalized spacial score (nSPS) is 16.8. The molecule has 0 aromatic carbocycles. The fourth-order valence-corrected chi connectivity index (χ4v) is 1.35. The van der Waals surface area contributed by atoms with Gasteiger partial charge < -0.3 is 9.29 Å². The van der Waals surface area contributed by atoms with Gasteiger partial charge in [0, 0.05) is 12.8 Å². The van der Waals surface area contributed by atoms with Gasteiger partial charge in [-0.3, -0.25) is 4.18 Å². The molecule has 16 heavy (non-hydrogen) atoms. The predicted octanol–water partition coefficient (Wildman–Crippen LogP) is 0.341. The molecule has 6 nitrogen and oxygen atoms in total. The maximum absolute atomic E-state index is 9.22. The molecule has 0 saturated carbocycles. The molecular weight excluding hydrogens is 234 g/mol. The SMILES string of the molecule is COC=[N+]1CCCCCC1.COS(=O)(=O)[O-]. The van der Waals surface area contributed by atoms with Crippen LogP contribution < -0.4 is 0 Å². The third-order valence-electron chi connectivity index (χ3n) is 2.10. The highest BCUT2D eigenvalue weighted by molar-refractivity contribution is 7.80. The van der Waals surface area contributed by atoms with E-state index < -0.39 is 10.4 Å². The molecular formula is C9H19NO5S. The maximum atomic E-state index is 9.22. The summed E-state index contributed by atoms with van der Waals surface area (Å²) in [6, 6.07) is 0. The van der Waals surface area contributed by atoms with E-state index in [1.165, 1.54) is 38.8 Å². The van der Waals surface area contributed by atoms with Crippen LogP contribution in [0.25, 0.3) is 0 Å². The Morgan fingerprint density at radius 1 is 1.12 bits per heavy atom. The van der Waals surface area contributed by atoms with Crippen molar-refractivity contribution in [3.8, 4) is 0 Å². The summed E-state index contributed by atoms with van der Waals surface area (Å²) < 4.78 is 38.2. The second-order valence-electron chi connectivity index (χ2n) is 3.37. The monoisotopic (exact) mass is 253 g/mol. The smallest absolute Gasteiger partial charge is 0.323 e. The molecule has 1 saturated heterocycles. The van der Waals surface area contributed by atoms with Crippen molar-refractivity contribution >= 4 is 16.8 Å². The summed E-state index contributed by atoms with van der Waals surface area (Å²) in [6.45, 7) is 2.35. The van der Waals surface area contributed by atoms with Crippen molar-refractivity contribution in [3.63, 3.8) is 0 Å². The zero-order valence-electron chi connectivity index (χ0n) is 9.72. The molecule has 1 fully saturated rings. The molecule has 0 aromatic rings. The first-order valence-electron chi connectivity index (χ1n) is 5.11. The molecule has 0 radical (unpaired) electrons. The molecule has 0 spiro atoms. The molecule has 0 aromatic heterocycles. The third kappa shape index (κ3) is 9.88. The van der Waals surface area contributed by atoms with Crippen LogP contribution in [-0.4, -0.2) is 51.3 Å². The van der Waals surface area contributed by atoms with Gasteiger partial charge >= 0.3 is 6.40 Å². The molecule has 0 unspecified atom stereocenters. The Labute approximate surface area is 96.8 Å². The van der Waals surface area contributed by atoms with E-state index in [1.54, 1.807) is 7.11 Å². The summed E-state index contributed by atoms with van der Waals surface area (Å²) >= 11 is 0. The number of methoxy groups -OCH3 is 1. The zero-order chi connectivity index (χ0) is 12.4. The highest BCUT2D eigenvalue weighted by Gasteiger charge is 2.07. The minimum absolute atomic E-state index is 0.808. The van der Waals surface area contributed by atoms with Crippen molar-refractivity contribution in [1.29, 1.82) is 0 Å². The van der Waals surface area contributed by atoms with Gasteiger partial charge in [0.1, 0.15) is 13.1 Å². The molecule has 0 N–H and O–H groups in total. The van der Waals surface area contributed by atoms with Crippen LogP contribution in [0.2, 0.25) is 0 Å². The maximum Gasteiger partial charge on any atom is 0.323 e. The average molecular weight is 253 g/mol. The minimum atomic E-state index is -4.41. The largest absolute Gasteiger partial charge is 0.726 e. The van der Waals surface area contributed by atoms with E-state index in [-0.39, 0.29) is 0 Å². The number of rotatable bonds is 2. The Morgan fingerprint density at radius 3 is 1.88 bits per heavy atom. The lowest BCUT2D eigenvalue weighted by Crippen LogP contribution is -2.14. The summed E-state index contributed by atoms with van der Waals surface area (Å²) in [6.07, 6.45) is 7.24. The van der Waals surface area contributed by atoms with Gasteiger partial charge in [0.15, 0.2) is 0 Å². The van der Waals surface area contributed by atoms with E-state index in [0.29, 0.717) is 0 Å². The number of nitrogens with zero attached hydrogens (tertiary/aromatic N) is 1. The number of hydrogen-bond acceptors (Lipinski definition) is 5. The summed E-state index contributed by atoms with van der Waals surface area (Å²) in [5.41, 5.74) is 0. The fourth-order valence-electron chi connectivity index (χ4n) is 1.35. The first kappa shape index (κ1) is 15.3. The van der Waals surface area contributed by atoms with Crippen molar-refractivity contribution in [2.75, 3.05) is 27.3 Å². The molecule has 1 rings (SSSR count). The van der Waals surface area contributed by atoms with Gasteiger partial charge in [-0.2, -0.15) is 0 Å². The standard InChI is InChI=1S/C8H16NO.CH4O4S/c1-10-8-9-6-4-2-3-5-7-9;1-5-6(2,3)4/h8H,2-7H2,1H3;1H3,(H,2,3,4)/q+1;/p-1. The highest BCUT2D eigenvalue weighted by Crippen LogP contribution is 2.04. The van der Waals surface area contributed by atoms with Crippen LogP contribution in [0.5, 0.6) is 0 Å². The Morgan fingerprint density at radius 2 is 1.56 bits per heavy atom. The summed E-state index contributed by atoms with van der Waals surface area (Å²) in [5.74, 6) is 0. The summed E-state index contributed by atoms with van der Waals surface area (Å²) in [5, 5.41) is 0. The minimum Gasteiger partial charge on any atom is -0.726 e. The van der Waals surface area contributed by atoms with Gasteiger partial charge in [0.05, 0.1) is 14.2 Å². The summed E-state index contributed by atoms with van der Waals surface area (Å²) in [7, 11) is -1.89. The van der Waals surface area contributed by atoms with Crippen molar-refractivity contribution in [3.05, 3.63) is 0 Å². The van der Waals surface area contributed by atoms with Crippen molar-refractivity contribution in [2.24, 2.45) is 0 Å². The lowest BCUT2D eigenvalue weighted by Gasteiger charge is -1.98. The van der Waals surface area contributed by atoms with Crippen LogP contribution in [-0.2, 0) is 19.3 Å². The molecule has 1 heterocycles. The van der Waals surface area contributed by atoms with Gasteiger partial charge in [-0.25, -0.2) is 13.0 Å². The molecule has 0 bridgehead atoms. The Hall–Kier alpha value is -0.660. The van der Waals surface area contributed by atoms with Crippen LogP contribution in [0, 0.1) is 0 Å². The van der Waals surface area contributed by atoms with Crippen LogP contribution in [0.3, 0.4) is 0 Å². The summed E-state index contributed by atoms with van der Waals surface area (Å²) in [4.78, 5) is 0. The molecule has 96 valence electrons. The van der Waals surface area contributed by atoms with E-state index in [2.05, 4.69) is 8.76 Å². The molecule has 0 aliphatic carbocycles. The topological polar surface area (TPSA) is 78.7 Å². The molecule has 0 amide bonds. The molecule has 1 aliphatic rings. The Balaban J connectivity index is 0.000000325. The lowest BCUT2D eigenvalue weighted by atomic mass is 10.2. The van der Waals surface area contributed by atoms with Gasteiger partial charge in [-0.1, -0.05) is 0 Å². The number of ether oxygens (including phenoxy) is 1. The second kappa shape index (κ2) is 8.49. The van der Waals surface area contributed by atoms with Gasteiger partial charge in [0.2, 0.25) is 10.4 Å². The van der Waals surface area contributed by atoms with E-state index in [4.69, 9.17) is 4.74 Å². The van der Waals surface area contributed by atoms with Crippen LogP contribution in [0.15, 0.2) is 0 Å². The highest BCUT2D eigenvalue weighted by atomic mass is 32.3. The van der Waals surface area contributed by atoms with Crippen LogP contribution >= 0.6 is 0 Å². The molecule has 0 atom stereocenters. The molecule has 7 heteroatoms.